The second kappa shape index (κ2) is 2.87. The molecule has 0 radical (unpaired) electrons. The van der Waals surface area contributed by atoms with Gasteiger partial charge in [-0.3, -0.25) is 4.99 Å². The fraction of sp³-hybridized carbons (Fsp3) is 0.857. The van der Waals surface area contributed by atoms with E-state index in [1.807, 2.05) is 0 Å². The van der Waals surface area contributed by atoms with E-state index < -0.39 is 17.6 Å². The molecule has 1 aliphatic heterocycles. The predicted molar refractivity (Wildman–Crippen MR) is 41.5 cm³/mol. The van der Waals surface area contributed by atoms with Crippen LogP contribution in [0.2, 0.25) is 0 Å². The zero-order valence-corrected chi connectivity index (χ0v) is 7.35. The minimum atomic E-state index is -4.51. The molecule has 0 amide bonds. The first-order valence-corrected chi connectivity index (χ1v) is 3.82. The number of halogens is 3. The van der Waals surface area contributed by atoms with Crippen LogP contribution < -0.4 is 5.73 Å². The molecule has 3 nitrogen and oxygen atoms in total. The first kappa shape index (κ1) is 10.3. The van der Waals surface area contributed by atoms with E-state index >= 15 is 0 Å². The Morgan fingerprint density at radius 2 is 2.15 bits per heavy atom. The highest BCUT2D eigenvalue weighted by atomic mass is 19.4. The molecule has 0 fully saturated rings. The van der Waals surface area contributed by atoms with Gasteiger partial charge in [-0.05, 0) is 13.8 Å². The molecule has 2 N–H and O–H groups in total. The van der Waals surface area contributed by atoms with E-state index in [0.717, 1.165) is 6.92 Å². The second-order valence-electron chi connectivity index (χ2n) is 3.21. The zero-order valence-electron chi connectivity index (χ0n) is 7.35. The highest BCUT2D eigenvalue weighted by molar-refractivity contribution is 5.90. The summed E-state index contributed by atoms with van der Waals surface area (Å²) in [5.74, 6) is -0.501. The SMILES string of the molecule is C[C@@H]1CO[C@@](C)(C(F)(F)F)C(N)=N1. The predicted octanol–water partition coefficient (Wildman–Crippen LogP) is 1.08. The van der Waals surface area contributed by atoms with Crippen molar-refractivity contribution in [3.05, 3.63) is 0 Å². The highest BCUT2D eigenvalue weighted by Gasteiger charge is 2.57. The average Bonchev–Trinajstić information content (AvgIpc) is 1.95. The number of amidine groups is 1. The Hall–Kier alpha value is -0.780. The molecule has 0 spiro atoms. The Kier molecular flexibility index (Phi) is 2.27. The Morgan fingerprint density at radius 3 is 2.54 bits per heavy atom. The third-order valence-electron chi connectivity index (χ3n) is 2.00. The fourth-order valence-corrected chi connectivity index (χ4v) is 0.986. The van der Waals surface area contributed by atoms with Gasteiger partial charge in [-0.1, -0.05) is 0 Å². The van der Waals surface area contributed by atoms with Crippen molar-refractivity contribution in [1.29, 1.82) is 0 Å². The largest absolute Gasteiger partial charge is 0.424 e. The fourth-order valence-electron chi connectivity index (χ4n) is 0.986. The molecule has 13 heavy (non-hydrogen) atoms. The molecule has 0 aromatic carbocycles. The van der Waals surface area contributed by atoms with Crippen molar-refractivity contribution < 1.29 is 17.9 Å². The van der Waals surface area contributed by atoms with Crippen LogP contribution in [-0.2, 0) is 4.74 Å². The molecular formula is C7H11F3N2O. The maximum atomic E-state index is 12.4. The molecular weight excluding hydrogens is 185 g/mol. The van der Waals surface area contributed by atoms with Crippen molar-refractivity contribution in [2.24, 2.45) is 10.7 Å². The minimum Gasteiger partial charge on any atom is -0.385 e. The number of nitrogens with zero attached hydrogens (tertiary/aromatic N) is 1. The smallest absolute Gasteiger partial charge is 0.385 e. The van der Waals surface area contributed by atoms with Crippen molar-refractivity contribution in [1.82, 2.24) is 0 Å². The minimum absolute atomic E-state index is 0.0588. The first-order valence-electron chi connectivity index (χ1n) is 3.82. The summed E-state index contributed by atoms with van der Waals surface area (Å²) < 4.78 is 41.9. The molecule has 2 atom stereocenters. The lowest BCUT2D eigenvalue weighted by molar-refractivity contribution is -0.245. The molecule has 76 valence electrons. The lowest BCUT2D eigenvalue weighted by Crippen LogP contribution is -2.58. The van der Waals surface area contributed by atoms with Gasteiger partial charge in [0.05, 0.1) is 12.6 Å². The van der Waals surface area contributed by atoms with Crippen molar-refractivity contribution in [3.63, 3.8) is 0 Å². The molecule has 1 heterocycles. The van der Waals surface area contributed by atoms with Gasteiger partial charge in [-0.25, -0.2) is 0 Å². The van der Waals surface area contributed by atoms with E-state index in [0.29, 0.717) is 0 Å². The van der Waals surface area contributed by atoms with Crippen LogP contribution in [0.3, 0.4) is 0 Å². The Morgan fingerprint density at radius 1 is 1.62 bits per heavy atom. The lowest BCUT2D eigenvalue weighted by Gasteiger charge is -2.35. The Bertz CT molecular complexity index is 238. The molecule has 0 bridgehead atoms. The summed E-state index contributed by atoms with van der Waals surface area (Å²) in [7, 11) is 0. The summed E-state index contributed by atoms with van der Waals surface area (Å²) in [6.45, 7) is 2.47. The van der Waals surface area contributed by atoms with Crippen molar-refractivity contribution >= 4 is 5.84 Å². The topological polar surface area (TPSA) is 47.6 Å². The van der Waals surface area contributed by atoms with E-state index in [2.05, 4.69) is 9.73 Å². The number of aliphatic imine (C=N–C) groups is 1. The molecule has 0 unspecified atom stereocenters. The van der Waals surface area contributed by atoms with E-state index in [1.165, 1.54) is 0 Å². The summed E-state index contributed by atoms with van der Waals surface area (Å²) in [4.78, 5) is 3.65. The molecule has 0 saturated carbocycles. The van der Waals surface area contributed by atoms with Crippen LogP contribution in [0.15, 0.2) is 4.99 Å². The van der Waals surface area contributed by atoms with Crippen LogP contribution in [0.25, 0.3) is 0 Å². The number of ether oxygens (including phenoxy) is 1. The van der Waals surface area contributed by atoms with Crippen molar-refractivity contribution in [3.8, 4) is 0 Å². The van der Waals surface area contributed by atoms with Gasteiger partial charge in [0.25, 0.3) is 0 Å². The van der Waals surface area contributed by atoms with Gasteiger partial charge >= 0.3 is 6.18 Å². The number of alkyl halides is 3. The van der Waals surface area contributed by atoms with Gasteiger partial charge in [0, 0.05) is 0 Å². The zero-order chi connectivity index (χ0) is 10.3. The van der Waals surface area contributed by atoms with Crippen LogP contribution >= 0.6 is 0 Å². The monoisotopic (exact) mass is 196 g/mol. The highest BCUT2D eigenvalue weighted by Crippen LogP contribution is 2.35. The number of rotatable bonds is 0. The Balaban J connectivity index is 2.99. The maximum Gasteiger partial charge on any atom is 0.424 e. The number of hydrogen-bond donors (Lipinski definition) is 1. The summed E-state index contributed by atoms with van der Waals surface area (Å²) in [6, 6.07) is -0.310. The first-order chi connectivity index (χ1) is 5.77. The molecule has 6 heteroatoms. The summed E-state index contributed by atoms with van der Waals surface area (Å²) in [5.41, 5.74) is 2.78. The molecule has 0 aromatic rings. The number of hydrogen-bond acceptors (Lipinski definition) is 3. The van der Waals surface area contributed by atoms with Crippen LogP contribution in [-0.4, -0.2) is 30.3 Å². The average molecular weight is 196 g/mol. The molecule has 1 rings (SSSR count). The van der Waals surface area contributed by atoms with Crippen LogP contribution in [0.5, 0.6) is 0 Å². The standard InChI is InChI=1S/C7H11F3N2O/c1-4-3-13-6(2,5(11)12-4)7(8,9)10/h4H,3H2,1-2H3,(H2,11,12)/t4-,6-/m1/s1. The normalized spacial score (nSPS) is 35.8. The van der Waals surface area contributed by atoms with E-state index in [4.69, 9.17) is 5.73 Å². The van der Waals surface area contributed by atoms with E-state index in [1.54, 1.807) is 6.92 Å². The maximum absolute atomic E-state index is 12.4. The Labute approximate surface area is 73.8 Å². The van der Waals surface area contributed by atoms with Crippen LogP contribution in [0, 0.1) is 0 Å². The van der Waals surface area contributed by atoms with Gasteiger partial charge in [-0.15, -0.1) is 0 Å². The molecule has 0 aliphatic carbocycles. The van der Waals surface area contributed by atoms with Crippen molar-refractivity contribution in [2.75, 3.05) is 6.61 Å². The van der Waals surface area contributed by atoms with Gasteiger partial charge in [0.15, 0.2) is 0 Å². The summed E-state index contributed by atoms with van der Waals surface area (Å²) >= 11 is 0. The van der Waals surface area contributed by atoms with Gasteiger partial charge in [0.2, 0.25) is 5.60 Å². The third-order valence-corrected chi connectivity index (χ3v) is 2.00. The third kappa shape index (κ3) is 1.63. The second-order valence-corrected chi connectivity index (χ2v) is 3.21. The molecule has 0 aromatic heterocycles. The van der Waals surface area contributed by atoms with Crippen LogP contribution in [0.4, 0.5) is 13.2 Å². The van der Waals surface area contributed by atoms with Crippen LogP contribution in [0.1, 0.15) is 13.8 Å². The van der Waals surface area contributed by atoms with E-state index in [-0.39, 0.29) is 12.6 Å². The van der Waals surface area contributed by atoms with E-state index in [9.17, 15) is 13.2 Å². The summed E-state index contributed by atoms with van der Waals surface area (Å²) in [5, 5.41) is 0. The summed E-state index contributed by atoms with van der Waals surface area (Å²) in [6.07, 6.45) is -4.51. The van der Waals surface area contributed by atoms with Gasteiger partial charge < -0.3 is 10.5 Å². The molecule has 0 saturated heterocycles. The van der Waals surface area contributed by atoms with Crippen molar-refractivity contribution in [2.45, 2.75) is 31.7 Å². The molecule has 1 aliphatic rings. The number of nitrogens with two attached hydrogens (primary N) is 1. The lowest BCUT2D eigenvalue weighted by atomic mass is 10.0. The van der Waals surface area contributed by atoms with Gasteiger partial charge in [0.1, 0.15) is 5.84 Å². The van der Waals surface area contributed by atoms with Gasteiger partial charge in [-0.2, -0.15) is 13.2 Å². The quantitative estimate of drug-likeness (QED) is 0.630.